The molecule has 2 rings (SSSR count). The fourth-order valence-corrected chi connectivity index (χ4v) is 1.75. The molecule has 1 heterocycles. The van der Waals surface area contributed by atoms with Gasteiger partial charge in [0.05, 0.1) is 12.1 Å². The summed E-state index contributed by atoms with van der Waals surface area (Å²) >= 11 is 6.03. The van der Waals surface area contributed by atoms with Crippen LogP contribution in [0.3, 0.4) is 0 Å². The normalized spacial score (nSPS) is 10.7. The second-order valence-corrected chi connectivity index (χ2v) is 3.38. The largest absolute Gasteiger partial charge is 0.497 e. The van der Waals surface area contributed by atoms with Gasteiger partial charge in [-0.3, -0.25) is 0 Å². The Balaban J connectivity index is 2.76. The average molecular weight is 196 g/mol. The number of aromatic nitrogens is 1. The summed E-state index contributed by atoms with van der Waals surface area (Å²) < 4.78 is 7.12. The lowest BCUT2D eigenvalue weighted by atomic mass is 10.2. The molecule has 0 unspecified atom stereocenters. The Labute approximate surface area is 81.7 Å². The van der Waals surface area contributed by atoms with E-state index in [0.29, 0.717) is 0 Å². The Morgan fingerprint density at radius 2 is 2.15 bits per heavy atom. The molecule has 0 aliphatic rings. The first-order valence-corrected chi connectivity index (χ1v) is 4.39. The average Bonchev–Trinajstić information content (AvgIpc) is 2.42. The van der Waals surface area contributed by atoms with E-state index in [9.17, 15) is 0 Å². The summed E-state index contributed by atoms with van der Waals surface area (Å²) in [5, 5.41) is 1.79. The van der Waals surface area contributed by atoms with Gasteiger partial charge in [-0.05, 0) is 18.2 Å². The van der Waals surface area contributed by atoms with Crippen LogP contribution in [-0.2, 0) is 7.05 Å². The van der Waals surface area contributed by atoms with E-state index in [4.69, 9.17) is 16.3 Å². The highest BCUT2D eigenvalue weighted by Crippen LogP contribution is 2.28. The summed E-state index contributed by atoms with van der Waals surface area (Å²) in [5.74, 6) is 0.834. The predicted octanol–water partition coefficient (Wildman–Crippen LogP) is 2.84. The Hall–Kier alpha value is -1.15. The van der Waals surface area contributed by atoms with Crippen LogP contribution < -0.4 is 4.74 Å². The van der Waals surface area contributed by atoms with Gasteiger partial charge in [-0.15, -0.1) is 0 Å². The van der Waals surface area contributed by atoms with E-state index >= 15 is 0 Å². The molecule has 13 heavy (non-hydrogen) atoms. The van der Waals surface area contributed by atoms with Crippen molar-refractivity contribution in [2.45, 2.75) is 0 Å². The van der Waals surface area contributed by atoms with Gasteiger partial charge in [0.15, 0.2) is 0 Å². The van der Waals surface area contributed by atoms with E-state index in [2.05, 4.69) is 0 Å². The molecule has 0 radical (unpaired) electrons. The minimum absolute atomic E-state index is 0.761. The molecule has 2 nitrogen and oxygen atoms in total. The third kappa shape index (κ3) is 1.27. The maximum Gasteiger partial charge on any atom is 0.119 e. The highest BCUT2D eigenvalue weighted by molar-refractivity contribution is 6.35. The number of ether oxygens (including phenoxy) is 1. The van der Waals surface area contributed by atoms with Gasteiger partial charge in [-0.2, -0.15) is 0 Å². The number of benzene rings is 1. The highest BCUT2D eigenvalue weighted by atomic mass is 35.5. The zero-order valence-electron chi connectivity index (χ0n) is 7.54. The van der Waals surface area contributed by atoms with Gasteiger partial charge in [0.25, 0.3) is 0 Å². The quantitative estimate of drug-likeness (QED) is 0.683. The molecule has 0 spiro atoms. The first-order chi connectivity index (χ1) is 6.22. The maximum atomic E-state index is 6.03. The number of rotatable bonds is 1. The van der Waals surface area contributed by atoms with Gasteiger partial charge in [-0.25, -0.2) is 0 Å². The number of aryl methyl sites for hydroxylation is 1. The van der Waals surface area contributed by atoms with Crippen LogP contribution in [0.15, 0.2) is 24.4 Å². The molecule has 0 saturated heterocycles. The summed E-state index contributed by atoms with van der Waals surface area (Å²) in [7, 11) is 3.62. The first-order valence-electron chi connectivity index (χ1n) is 4.01. The first kappa shape index (κ1) is 8.45. The van der Waals surface area contributed by atoms with Crippen molar-refractivity contribution in [2.24, 2.45) is 7.05 Å². The van der Waals surface area contributed by atoms with Crippen LogP contribution in [0.1, 0.15) is 0 Å². The second kappa shape index (κ2) is 2.96. The fourth-order valence-electron chi connectivity index (χ4n) is 1.45. The number of fused-ring (bicyclic) bond motifs is 1. The van der Waals surface area contributed by atoms with Crippen molar-refractivity contribution in [3.05, 3.63) is 29.4 Å². The zero-order valence-corrected chi connectivity index (χ0v) is 8.30. The minimum atomic E-state index is 0.761. The summed E-state index contributed by atoms with van der Waals surface area (Å²) in [4.78, 5) is 0. The number of hydrogen-bond acceptors (Lipinski definition) is 1. The number of halogens is 1. The molecule has 2 aromatic rings. The smallest absolute Gasteiger partial charge is 0.119 e. The van der Waals surface area contributed by atoms with Gasteiger partial charge < -0.3 is 9.30 Å². The molecule has 0 aliphatic carbocycles. The number of methoxy groups -OCH3 is 1. The molecular formula is C10H10ClNO. The third-order valence-corrected chi connectivity index (χ3v) is 2.45. The van der Waals surface area contributed by atoms with Gasteiger partial charge >= 0.3 is 0 Å². The number of nitrogens with zero attached hydrogens (tertiary/aromatic N) is 1. The summed E-state index contributed by atoms with van der Waals surface area (Å²) in [6, 6.07) is 5.87. The Morgan fingerprint density at radius 3 is 2.85 bits per heavy atom. The van der Waals surface area contributed by atoms with Crippen molar-refractivity contribution in [1.29, 1.82) is 0 Å². The molecule has 68 valence electrons. The van der Waals surface area contributed by atoms with Gasteiger partial charge in [-0.1, -0.05) is 11.6 Å². The molecular weight excluding hydrogens is 186 g/mol. The molecule has 0 fully saturated rings. The fraction of sp³-hybridized carbons (Fsp3) is 0.200. The minimum Gasteiger partial charge on any atom is -0.497 e. The molecule has 1 aromatic carbocycles. The summed E-state index contributed by atoms with van der Waals surface area (Å²) in [5.41, 5.74) is 1.12. The van der Waals surface area contributed by atoms with Crippen molar-refractivity contribution in [3.8, 4) is 5.75 Å². The molecule has 0 atom stereocenters. The van der Waals surface area contributed by atoms with Crippen molar-refractivity contribution in [2.75, 3.05) is 7.11 Å². The SMILES string of the molecule is COc1ccc2c(c1)c(Cl)cn2C. The van der Waals surface area contributed by atoms with Crippen molar-refractivity contribution < 1.29 is 4.74 Å². The van der Waals surface area contributed by atoms with Crippen LogP contribution in [-0.4, -0.2) is 11.7 Å². The van der Waals surface area contributed by atoms with Crippen molar-refractivity contribution >= 4 is 22.5 Å². The molecule has 3 heteroatoms. The van der Waals surface area contributed by atoms with E-state index in [1.807, 2.05) is 36.0 Å². The standard InChI is InChI=1S/C10H10ClNO/c1-12-6-9(11)8-5-7(13-2)3-4-10(8)12/h3-6H,1-2H3. The van der Waals surface area contributed by atoms with Crippen molar-refractivity contribution in [1.82, 2.24) is 4.57 Å². The monoisotopic (exact) mass is 195 g/mol. The van der Waals surface area contributed by atoms with E-state index in [1.165, 1.54) is 0 Å². The molecule has 0 aliphatic heterocycles. The van der Waals surface area contributed by atoms with Crippen LogP contribution in [0.5, 0.6) is 5.75 Å². The molecule has 0 amide bonds. The Morgan fingerprint density at radius 1 is 1.38 bits per heavy atom. The highest BCUT2D eigenvalue weighted by Gasteiger charge is 2.04. The van der Waals surface area contributed by atoms with E-state index in [0.717, 1.165) is 21.7 Å². The molecule has 0 saturated carbocycles. The second-order valence-electron chi connectivity index (χ2n) is 2.97. The van der Waals surface area contributed by atoms with E-state index in [1.54, 1.807) is 7.11 Å². The van der Waals surface area contributed by atoms with Crippen molar-refractivity contribution in [3.63, 3.8) is 0 Å². The van der Waals surface area contributed by atoms with Gasteiger partial charge in [0.1, 0.15) is 5.75 Å². The van der Waals surface area contributed by atoms with Crippen LogP contribution in [0.25, 0.3) is 10.9 Å². The van der Waals surface area contributed by atoms with Gasteiger partial charge in [0.2, 0.25) is 0 Å². The Kier molecular flexibility index (Phi) is 1.93. The lowest BCUT2D eigenvalue weighted by Crippen LogP contribution is -1.84. The number of hydrogen-bond donors (Lipinski definition) is 0. The van der Waals surface area contributed by atoms with E-state index in [-0.39, 0.29) is 0 Å². The van der Waals surface area contributed by atoms with Crippen LogP contribution in [0, 0.1) is 0 Å². The van der Waals surface area contributed by atoms with E-state index < -0.39 is 0 Å². The third-order valence-electron chi connectivity index (χ3n) is 2.15. The van der Waals surface area contributed by atoms with Crippen LogP contribution in [0.2, 0.25) is 5.02 Å². The summed E-state index contributed by atoms with van der Waals surface area (Å²) in [6.07, 6.45) is 1.89. The summed E-state index contributed by atoms with van der Waals surface area (Å²) in [6.45, 7) is 0. The lowest BCUT2D eigenvalue weighted by molar-refractivity contribution is 0.415. The molecule has 0 N–H and O–H groups in total. The topological polar surface area (TPSA) is 14.2 Å². The molecule has 0 bridgehead atoms. The predicted molar refractivity (Wildman–Crippen MR) is 54.5 cm³/mol. The zero-order chi connectivity index (χ0) is 9.42. The van der Waals surface area contributed by atoms with Gasteiger partial charge in [0, 0.05) is 24.1 Å². The molecule has 1 aromatic heterocycles. The van der Waals surface area contributed by atoms with Crippen LogP contribution >= 0.6 is 11.6 Å². The van der Waals surface area contributed by atoms with Crippen LogP contribution in [0.4, 0.5) is 0 Å². The maximum absolute atomic E-state index is 6.03. The Bertz CT molecular complexity index is 447. The lowest BCUT2D eigenvalue weighted by Gasteiger charge is -2.00.